The Kier molecular flexibility index (Phi) is 5.45. The molecule has 28 heavy (non-hydrogen) atoms. The second kappa shape index (κ2) is 8.16. The van der Waals surface area contributed by atoms with Gasteiger partial charge in [-0.05, 0) is 61.7 Å². The van der Waals surface area contributed by atoms with E-state index >= 15 is 0 Å². The largest absolute Gasteiger partial charge is 0.320 e. The van der Waals surface area contributed by atoms with Gasteiger partial charge in [0, 0.05) is 11.7 Å². The van der Waals surface area contributed by atoms with Gasteiger partial charge in [0.1, 0.15) is 10.8 Å². The molecule has 1 heterocycles. The highest BCUT2D eigenvalue weighted by Crippen LogP contribution is 2.34. The predicted octanol–water partition coefficient (Wildman–Crippen LogP) is 4.44. The lowest BCUT2D eigenvalue weighted by molar-refractivity contribution is 0.102. The molecule has 1 atom stereocenters. The van der Waals surface area contributed by atoms with Crippen LogP contribution in [0.25, 0.3) is 0 Å². The number of carbonyl (C=O) groups excluding carboxylic acids is 1. The van der Waals surface area contributed by atoms with Crippen molar-refractivity contribution < 1.29 is 9.18 Å². The SMILES string of the molecule is CN(Cc1nnc(C(=O)Nc2ccc(F)cc2)s1)[C@H]1CCCc2ccccc21. The first-order valence-corrected chi connectivity index (χ1v) is 10.1. The molecule has 7 heteroatoms. The zero-order valence-corrected chi connectivity index (χ0v) is 16.4. The van der Waals surface area contributed by atoms with Crippen LogP contribution < -0.4 is 5.32 Å². The number of rotatable bonds is 5. The molecule has 1 aliphatic carbocycles. The van der Waals surface area contributed by atoms with Crippen LogP contribution in [0.1, 0.15) is 44.8 Å². The molecule has 4 rings (SSSR count). The molecule has 1 amide bonds. The summed E-state index contributed by atoms with van der Waals surface area (Å²) in [7, 11) is 2.09. The van der Waals surface area contributed by atoms with E-state index in [0.29, 0.717) is 23.3 Å². The van der Waals surface area contributed by atoms with Crippen LogP contribution in [0.2, 0.25) is 0 Å². The maximum absolute atomic E-state index is 13.0. The van der Waals surface area contributed by atoms with Crippen LogP contribution in [0.15, 0.2) is 48.5 Å². The second-order valence-electron chi connectivity index (χ2n) is 6.98. The van der Waals surface area contributed by atoms with Gasteiger partial charge >= 0.3 is 0 Å². The number of nitrogens with one attached hydrogen (secondary N) is 1. The minimum atomic E-state index is -0.344. The van der Waals surface area contributed by atoms with E-state index in [1.54, 1.807) is 0 Å². The van der Waals surface area contributed by atoms with E-state index in [-0.39, 0.29) is 11.7 Å². The number of aromatic nitrogens is 2. The van der Waals surface area contributed by atoms with E-state index < -0.39 is 0 Å². The van der Waals surface area contributed by atoms with Crippen molar-refractivity contribution in [2.75, 3.05) is 12.4 Å². The molecule has 5 nitrogen and oxygen atoms in total. The summed E-state index contributed by atoms with van der Waals surface area (Å²) in [4.78, 5) is 14.6. The Morgan fingerprint density at radius 2 is 2.00 bits per heavy atom. The molecule has 1 aliphatic rings. The Bertz CT molecular complexity index is 973. The number of anilines is 1. The van der Waals surface area contributed by atoms with Crippen LogP contribution in [-0.2, 0) is 13.0 Å². The van der Waals surface area contributed by atoms with Gasteiger partial charge in [-0.2, -0.15) is 0 Å². The highest BCUT2D eigenvalue weighted by molar-refractivity contribution is 7.13. The molecule has 0 radical (unpaired) electrons. The number of hydrogen-bond acceptors (Lipinski definition) is 5. The maximum atomic E-state index is 13.0. The van der Waals surface area contributed by atoms with Gasteiger partial charge in [-0.15, -0.1) is 10.2 Å². The first-order chi connectivity index (χ1) is 13.6. The molecular formula is C21H21FN4OS. The molecule has 1 aromatic heterocycles. The molecule has 0 unspecified atom stereocenters. The maximum Gasteiger partial charge on any atom is 0.286 e. The smallest absolute Gasteiger partial charge is 0.286 e. The van der Waals surface area contributed by atoms with Gasteiger partial charge in [0.2, 0.25) is 5.01 Å². The summed E-state index contributed by atoms with van der Waals surface area (Å²) in [6.45, 7) is 0.639. The first-order valence-electron chi connectivity index (χ1n) is 9.27. The number of hydrogen-bond donors (Lipinski definition) is 1. The Labute approximate surface area is 167 Å². The molecule has 0 saturated heterocycles. The summed E-state index contributed by atoms with van der Waals surface area (Å²) in [5.41, 5.74) is 3.33. The van der Waals surface area contributed by atoms with Crippen LogP contribution in [0.5, 0.6) is 0 Å². The third-order valence-corrected chi connectivity index (χ3v) is 5.92. The van der Waals surface area contributed by atoms with Crippen molar-refractivity contribution in [1.29, 1.82) is 0 Å². The van der Waals surface area contributed by atoms with E-state index in [1.165, 1.54) is 53.1 Å². The lowest BCUT2D eigenvalue weighted by Crippen LogP contribution is -2.27. The lowest BCUT2D eigenvalue weighted by Gasteiger charge is -2.32. The summed E-state index contributed by atoms with van der Waals surface area (Å²) >= 11 is 1.29. The fraction of sp³-hybridized carbons (Fsp3) is 0.286. The van der Waals surface area contributed by atoms with Crippen molar-refractivity contribution in [3.8, 4) is 0 Å². The lowest BCUT2D eigenvalue weighted by atomic mass is 9.87. The minimum absolute atomic E-state index is 0.303. The third kappa shape index (κ3) is 4.10. The number of halogens is 1. The van der Waals surface area contributed by atoms with Crippen molar-refractivity contribution in [3.05, 3.63) is 75.5 Å². The van der Waals surface area contributed by atoms with E-state index in [9.17, 15) is 9.18 Å². The summed E-state index contributed by atoms with van der Waals surface area (Å²) in [5.74, 6) is -0.676. The monoisotopic (exact) mass is 396 g/mol. The van der Waals surface area contributed by atoms with E-state index in [1.807, 2.05) is 0 Å². The Morgan fingerprint density at radius 1 is 1.21 bits per heavy atom. The Morgan fingerprint density at radius 3 is 2.82 bits per heavy atom. The van der Waals surface area contributed by atoms with Gasteiger partial charge < -0.3 is 5.32 Å². The summed E-state index contributed by atoms with van der Waals surface area (Å²) in [6.07, 6.45) is 3.42. The zero-order valence-electron chi connectivity index (χ0n) is 15.6. The first kappa shape index (κ1) is 18.7. The molecule has 0 aliphatic heterocycles. The number of nitrogens with zero attached hydrogens (tertiary/aromatic N) is 3. The van der Waals surface area contributed by atoms with Crippen molar-refractivity contribution in [2.45, 2.75) is 31.8 Å². The molecule has 1 N–H and O–H groups in total. The highest BCUT2D eigenvalue weighted by atomic mass is 32.1. The molecule has 2 aromatic carbocycles. The van der Waals surface area contributed by atoms with Crippen LogP contribution in [0.3, 0.4) is 0 Å². The number of amides is 1. The molecular weight excluding hydrogens is 375 g/mol. The van der Waals surface area contributed by atoms with Gasteiger partial charge in [0.15, 0.2) is 0 Å². The molecule has 0 bridgehead atoms. The van der Waals surface area contributed by atoms with E-state index in [0.717, 1.165) is 17.8 Å². The fourth-order valence-corrected chi connectivity index (χ4v) is 4.44. The molecule has 0 fully saturated rings. The average molecular weight is 396 g/mol. The van der Waals surface area contributed by atoms with Crippen molar-refractivity contribution in [3.63, 3.8) is 0 Å². The number of fused-ring (bicyclic) bond motifs is 1. The van der Waals surface area contributed by atoms with Crippen LogP contribution in [0, 0.1) is 5.82 Å². The topological polar surface area (TPSA) is 58.1 Å². The van der Waals surface area contributed by atoms with Crippen LogP contribution in [0.4, 0.5) is 10.1 Å². The van der Waals surface area contributed by atoms with Crippen molar-refractivity contribution >= 4 is 22.9 Å². The third-order valence-electron chi connectivity index (χ3n) is 5.02. The number of benzene rings is 2. The number of aryl methyl sites for hydroxylation is 1. The summed E-state index contributed by atoms with van der Waals surface area (Å²) < 4.78 is 13.0. The molecule has 0 spiro atoms. The Hall–Kier alpha value is -2.64. The average Bonchev–Trinajstić information content (AvgIpc) is 3.18. The number of carbonyl (C=O) groups is 1. The van der Waals surface area contributed by atoms with Crippen LogP contribution in [-0.4, -0.2) is 28.1 Å². The zero-order chi connectivity index (χ0) is 19.5. The van der Waals surface area contributed by atoms with Crippen molar-refractivity contribution in [2.24, 2.45) is 0 Å². The Balaban J connectivity index is 1.42. The minimum Gasteiger partial charge on any atom is -0.320 e. The highest BCUT2D eigenvalue weighted by Gasteiger charge is 2.24. The van der Waals surface area contributed by atoms with Gasteiger partial charge in [-0.1, -0.05) is 35.6 Å². The van der Waals surface area contributed by atoms with Crippen LogP contribution >= 0.6 is 11.3 Å². The van der Waals surface area contributed by atoms with Gasteiger partial charge in [-0.3, -0.25) is 9.69 Å². The molecule has 0 saturated carbocycles. The van der Waals surface area contributed by atoms with Gasteiger partial charge in [0.05, 0.1) is 6.54 Å². The van der Waals surface area contributed by atoms with Crippen molar-refractivity contribution in [1.82, 2.24) is 15.1 Å². The van der Waals surface area contributed by atoms with E-state index in [2.05, 4.69) is 51.7 Å². The van der Waals surface area contributed by atoms with E-state index in [4.69, 9.17) is 0 Å². The summed E-state index contributed by atoms with van der Waals surface area (Å²) in [5, 5.41) is 12.0. The second-order valence-corrected chi connectivity index (χ2v) is 8.05. The predicted molar refractivity (Wildman–Crippen MR) is 108 cm³/mol. The quantitative estimate of drug-likeness (QED) is 0.693. The molecule has 3 aromatic rings. The standard InChI is InChI=1S/C21H21FN4OS/c1-26(18-8-4-6-14-5-2-3-7-17(14)18)13-19-24-25-21(28-19)20(27)23-16-11-9-15(22)10-12-16/h2-3,5,7,9-12,18H,4,6,8,13H2,1H3,(H,23,27)/t18-/m0/s1. The summed E-state index contributed by atoms with van der Waals surface area (Å²) in [6, 6.07) is 14.6. The molecule has 144 valence electrons. The van der Waals surface area contributed by atoms with Gasteiger partial charge in [0.25, 0.3) is 5.91 Å². The normalized spacial score (nSPS) is 16.0. The van der Waals surface area contributed by atoms with Gasteiger partial charge in [-0.25, -0.2) is 4.39 Å². The fourth-order valence-electron chi connectivity index (χ4n) is 3.64.